The van der Waals surface area contributed by atoms with Crippen molar-refractivity contribution in [3.63, 3.8) is 0 Å². The minimum Gasteiger partial charge on any atom is -0.352 e. The molecule has 1 saturated carbocycles. The summed E-state index contributed by atoms with van der Waals surface area (Å²) in [5, 5.41) is 3.22. The summed E-state index contributed by atoms with van der Waals surface area (Å²) < 4.78 is 0. The van der Waals surface area contributed by atoms with Crippen LogP contribution in [0.4, 0.5) is 0 Å². The van der Waals surface area contributed by atoms with Gasteiger partial charge in [-0.2, -0.15) is 0 Å². The van der Waals surface area contributed by atoms with Crippen molar-refractivity contribution in [3.05, 3.63) is 0 Å². The van der Waals surface area contributed by atoms with Crippen LogP contribution in [0.1, 0.15) is 39.5 Å². The number of amides is 1. The molecule has 2 fully saturated rings. The molecule has 1 aliphatic carbocycles. The van der Waals surface area contributed by atoms with Crippen molar-refractivity contribution in [1.29, 1.82) is 0 Å². The van der Waals surface area contributed by atoms with Crippen molar-refractivity contribution in [2.75, 3.05) is 19.6 Å². The van der Waals surface area contributed by atoms with E-state index in [2.05, 4.69) is 24.1 Å². The SMILES string of the molecule is CC1CCCC(NC(=O)CN2CCC(N)C2)C1C.Cl. The molecule has 1 saturated heterocycles. The summed E-state index contributed by atoms with van der Waals surface area (Å²) in [4.78, 5) is 14.2. The number of nitrogens with zero attached hydrogens (tertiary/aromatic N) is 1. The highest BCUT2D eigenvalue weighted by molar-refractivity contribution is 5.85. The van der Waals surface area contributed by atoms with Gasteiger partial charge in [0, 0.05) is 25.2 Å². The van der Waals surface area contributed by atoms with Crippen LogP contribution in [0.5, 0.6) is 0 Å². The molecule has 0 aromatic carbocycles. The van der Waals surface area contributed by atoms with Gasteiger partial charge in [0.25, 0.3) is 0 Å². The summed E-state index contributed by atoms with van der Waals surface area (Å²) in [7, 11) is 0. The van der Waals surface area contributed by atoms with Crippen LogP contribution in [0.25, 0.3) is 0 Å². The highest BCUT2D eigenvalue weighted by Gasteiger charge is 2.29. The van der Waals surface area contributed by atoms with Gasteiger partial charge in [0.05, 0.1) is 6.54 Å². The van der Waals surface area contributed by atoms with Gasteiger partial charge in [0.15, 0.2) is 0 Å². The second-order valence-electron chi connectivity index (χ2n) is 6.23. The Morgan fingerprint density at radius 1 is 1.32 bits per heavy atom. The zero-order chi connectivity index (χ0) is 13.1. The Morgan fingerprint density at radius 3 is 2.68 bits per heavy atom. The first kappa shape index (κ1) is 16.7. The van der Waals surface area contributed by atoms with Crippen LogP contribution in [-0.4, -0.2) is 42.5 Å². The molecular formula is C14H28ClN3O. The Kier molecular flexibility index (Phi) is 6.57. The maximum atomic E-state index is 12.0. The second-order valence-corrected chi connectivity index (χ2v) is 6.23. The molecule has 4 nitrogen and oxygen atoms in total. The van der Waals surface area contributed by atoms with E-state index >= 15 is 0 Å². The van der Waals surface area contributed by atoms with Gasteiger partial charge in [0.1, 0.15) is 0 Å². The summed E-state index contributed by atoms with van der Waals surface area (Å²) >= 11 is 0. The molecule has 112 valence electrons. The Labute approximate surface area is 122 Å². The molecule has 2 rings (SSSR count). The van der Waals surface area contributed by atoms with E-state index in [-0.39, 0.29) is 24.4 Å². The Balaban J connectivity index is 0.00000180. The first-order valence-corrected chi connectivity index (χ1v) is 7.33. The second kappa shape index (κ2) is 7.46. The average molecular weight is 290 g/mol. The molecule has 0 radical (unpaired) electrons. The third-order valence-corrected chi connectivity index (χ3v) is 4.73. The van der Waals surface area contributed by atoms with Crippen molar-refractivity contribution in [2.45, 2.75) is 51.6 Å². The summed E-state index contributed by atoms with van der Waals surface area (Å²) in [6, 6.07) is 0.629. The fourth-order valence-electron chi connectivity index (χ4n) is 3.25. The summed E-state index contributed by atoms with van der Waals surface area (Å²) in [5.74, 6) is 1.50. The summed E-state index contributed by atoms with van der Waals surface area (Å²) in [5.41, 5.74) is 5.85. The summed E-state index contributed by atoms with van der Waals surface area (Å²) in [6.45, 7) is 6.91. The highest BCUT2D eigenvalue weighted by atomic mass is 35.5. The maximum absolute atomic E-state index is 12.0. The molecule has 4 unspecified atom stereocenters. The fraction of sp³-hybridized carbons (Fsp3) is 0.929. The van der Waals surface area contributed by atoms with Crippen LogP contribution >= 0.6 is 12.4 Å². The van der Waals surface area contributed by atoms with Crippen LogP contribution in [0.3, 0.4) is 0 Å². The van der Waals surface area contributed by atoms with Crippen molar-refractivity contribution in [1.82, 2.24) is 10.2 Å². The van der Waals surface area contributed by atoms with Crippen molar-refractivity contribution >= 4 is 18.3 Å². The first-order chi connectivity index (χ1) is 8.56. The lowest BCUT2D eigenvalue weighted by Gasteiger charge is -2.35. The van der Waals surface area contributed by atoms with E-state index in [1.807, 2.05) is 0 Å². The Morgan fingerprint density at radius 2 is 2.05 bits per heavy atom. The van der Waals surface area contributed by atoms with Crippen LogP contribution in [0, 0.1) is 11.8 Å². The van der Waals surface area contributed by atoms with E-state index in [1.165, 1.54) is 12.8 Å². The van der Waals surface area contributed by atoms with Gasteiger partial charge in [0.2, 0.25) is 5.91 Å². The molecule has 1 heterocycles. The van der Waals surface area contributed by atoms with E-state index in [0.717, 1.165) is 31.8 Å². The lowest BCUT2D eigenvalue weighted by atomic mass is 9.78. The van der Waals surface area contributed by atoms with Gasteiger partial charge < -0.3 is 11.1 Å². The van der Waals surface area contributed by atoms with E-state index in [4.69, 9.17) is 5.73 Å². The zero-order valence-corrected chi connectivity index (χ0v) is 12.9. The number of carbonyl (C=O) groups is 1. The minimum atomic E-state index is 0. The van der Waals surface area contributed by atoms with E-state index in [9.17, 15) is 4.79 Å². The van der Waals surface area contributed by atoms with Gasteiger partial charge in [-0.05, 0) is 24.7 Å². The number of nitrogens with two attached hydrogens (primary N) is 1. The number of hydrogen-bond donors (Lipinski definition) is 2. The van der Waals surface area contributed by atoms with Gasteiger partial charge >= 0.3 is 0 Å². The number of halogens is 1. The number of rotatable bonds is 3. The molecule has 0 bridgehead atoms. The number of hydrogen-bond acceptors (Lipinski definition) is 3. The van der Waals surface area contributed by atoms with Crippen LogP contribution < -0.4 is 11.1 Å². The zero-order valence-electron chi connectivity index (χ0n) is 12.1. The lowest BCUT2D eigenvalue weighted by Crippen LogP contribution is -2.47. The molecule has 1 amide bonds. The van der Waals surface area contributed by atoms with Gasteiger partial charge in [-0.3, -0.25) is 9.69 Å². The van der Waals surface area contributed by atoms with E-state index in [1.54, 1.807) is 0 Å². The van der Waals surface area contributed by atoms with Gasteiger partial charge in [-0.15, -0.1) is 12.4 Å². The average Bonchev–Trinajstić information content (AvgIpc) is 2.70. The van der Waals surface area contributed by atoms with Gasteiger partial charge in [-0.25, -0.2) is 0 Å². The number of nitrogens with one attached hydrogen (secondary N) is 1. The monoisotopic (exact) mass is 289 g/mol. The number of likely N-dealkylation sites (tertiary alicyclic amines) is 1. The fourth-order valence-corrected chi connectivity index (χ4v) is 3.25. The molecule has 19 heavy (non-hydrogen) atoms. The lowest BCUT2D eigenvalue weighted by molar-refractivity contribution is -0.123. The van der Waals surface area contributed by atoms with Crippen molar-refractivity contribution < 1.29 is 4.79 Å². The van der Waals surface area contributed by atoms with E-state index in [0.29, 0.717) is 18.5 Å². The van der Waals surface area contributed by atoms with Crippen molar-refractivity contribution in [3.8, 4) is 0 Å². The largest absolute Gasteiger partial charge is 0.352 e. The van der Waals surface area contributed by atoms with Crippen LogP contribution in [0.15, 0.2) is 0 Å². The van der Waals surface area contributed by atoms with E-state index < -0.39 is 0 Å². The number of carbonyl (C=O) groups excluding carboxylic acids is 1. The van der Waals surface area contributed by atoms with Gasteiger partial charge in [-0.1, -0.05) is 26.7 Å². The third kappa shape index (κ3) is 4.62. The predicted octanol–water partition coefficient (Wildman–Crippen LogP) is 1.38. The molecule has 1 aliphatic heterocycles. The Bertz CT molecular complexity index is 300. The molecule has 4 atom stereocenters. The maximum Gasteiger partial charge on any atom is 0.234 e. The minimum absolute atomic E-state index is 0. The molecule has 5 heteroatoms. The standard InChI is InChI=1S/C14H27N3O.ClH/c1-10-4-3-5-13(11(10)2)16-14(18)9-17-7-6-12(15)8-17;/h10-13H,3-9,15H2,1-2H3,(H,16,18);1H. The normalized spacial score (nSPS) is 35.7. The smallest absolute Gasteiger partial charge is 0.234 e. The first-order valence-electron chi connectivity index (χ1n) is 7.33. The molecule has 0 aromatic rings. The quantitative estimate of drug-likeness (QED) is 0.825. The highest BCUT2D eigenvalue weighted by Crippen LogP contribution is 2.29. The molecule has 3 N–H and O–H groups in total. The molecule has 2 aliphatic rings. The third-order valence-electron chi connectivity index (χ3n) is 4.73. The topological polar surface area (TPSA) is 58.4 Å². The molecular weight excluding hydrogens is 262 g/mol. The van der Waals surface area contributed by atoms with Crippen LogP contribution in [0.2, 0.25) is 0 Å². The molecule has 0 aromatic heterocycles. The molecule has 0 spiro atoms. The predicted molar refractivity (Wildman–Crippen MR) is 80.4 cm³/mol. The summed E-state index contributed by atoms with van der Waals surface area (Å²) in [6.07, 6.45) is 4.69. The Hall–Kier alpha value is -0.320. The van der Waals surface area contributed by atoms with Crippen molar-refractivity contribution in [2.24, 2.45) is 17.6 Å². The van der Waals surface area contributed by atoms with Crippen LogP contribution in [-0.2, 0) is 4.79 Å².